The number of nitrogens with two attached hydrogens (primary N) is 5. The Balaban J connectivity index is -0.00000106. The van der Waals surface area contributed by atoms with Crippen LogP contribution in [0.3, 0.4) is 0 Å². The summed E-state index contributed by atoms with van der Waals surface area (Å²) in [7, 11) is 7.82. The van der Waals surface area contributed by atoms with Crippen LogP contribution in [-0.2, 0) is 9.47 Å². The number of ether oxygens (including phenoxy) is 7. The third kappa shape index (κ3) is 37.3. The van der Waals surface area contributed by atoms with Gasteiger partial charge >= 0.3 is 0 Å². The van der Waals surface area contributed by atoms with Crippen LogP contribution >= 0.6 is 40.5 Å². The van der Waals surface area contributed by atoms with Crippen molar-refractivity contribution in [3.63, 3.8) is 0 Å². The zero-order valence-electron chi connectivity index (χ0n) is 54.7. The minimum absolute atomic E-state index is 0. The third-order valence-electron chi connectivity index (χ3n) is 12.1. The molecule has 91 heavy (non-hydrogen) atoms. The van der Waals surface area contributed by atoms with Gasteiger partial charge in [0.2, 0.25) is 29.7 Å². The number of aliphatic hydroxyl groups excluding tert-OH is 5. The molecule has 0 aromatic carbocycles. The number of aromatic nitrogens is 10. The molecule has 0 saturated heterocycles. The molecule has 0 bridgehead atoms. The fraction of sp³-hybridized carbons (Fsp3) is 0.643. The molecular formula is C56H108N20O12S3. The highest BCUT2D eigenvalue weighted by Gasteiger charge is 2.18. The van der Waals surface area contributed by atoms with Crippen molar-refractivity contribution in [2.75, 3.05) is 150 Å². The predicted octanol–water partition coefficient (Wildman–Crippen LogP) is 4.21. The van der Waals surface area contributed by atoms with Gasteiger partial charge in [-0.2, -0.15) is 65.4 Å². The fourth-order valence-electron chi connectivity index (χ4n) is 7.44. The van der Waals surface area contributed by atoms with Gasteiger partial charge in [-0.3, -0.25) is 0 Å². The number of methoxy groups -OCH3 is 5. The number of nitrogen functional groups attached to an aromatic ring is 5. The number of nitrogens with zero attached hydrogens (tertiary/aromatic N) is 10. The van der Waals surface area contributed by atoms with E-state index in [2.05, 4.69) is 111 Å². The van der Waals surface area contributed by atoms with Gasteiger partial charge in [-0.05, 0) is 38.0 Å². The van der Waals surface area contributed by atoms with E-state index in [4.69, 9.17) is 66.9 Å². The summed E-state index contributed by atoms with van der Waals surface area (Å²) in [6.07, 6.45) is 16.9. The van der Waals surface area contributed by atoms with Crippen LogP contribution in [0.1, 0.15) is 106 Å². The second-order valence-electron chi connectivity index (χ2n) is 19.7. The Labute approximate surface area is 557 Å². The van der Waals surface area contributed by atoms with Crippen molar-refractivity contribution in [2.45, 2.75) is 136 Å². The molecule has 0 radical (unpaired) electrons. The van der Waals surface area contributed by atoms with Crippen LogP contribution in [-0.4, -0.2) is 201 Å². The molecule has 0 fully saturated rings. The van der Waals surface area contributed by atoms with Crippen molar-refractivity contribution < 1.29 is 58.7 Å². The van der Waals surface area contributed by atoms with Crippen LogP contribution in [0.4, 0.5) is 58.8 Å². The lowest BCUT2D eigenvalue weighted by molar-refractivity contribution is 0.146. The van der Waals surface area contributed by atoms with E-state index in [-0.39, 0.29) is 133 Å². The summed E-state index contributed by atoms with van der Waals surface area (Å²) in [6, 6.07) is -0.331. The van der Waals surface area contributed by atoms with E-state index in [0.717, 1.165) is 64.2 Å². The molecule has 20 N–H and O–H groups in total. The third-order valence-corrected chi connectivity index (χ3v) is 12.1. The van der Waals surface area contributed by atoms with Crippen molar-refractivity contribution in [2.24, 2.45) is 5.92 Å². The maximum Gasteiger partial charge on any atom is 0.222 e. The van der Waals surface area contributed by atoms with Crippen molar-refractivity contribution in [1.82, 2.24) is 49.8 Å². The molecule has 0 aliphatic rings. The number of rotatable bonds is 37. The number of unbranched alkanes of at least 4 members (excludes halogenated alkanes) is 2. The van der Waals surface area contributed by atoms with E-state index in [1.165, 1.54) is 45.2 Å². The fourth-order valence-corrected chi connectivity index (χ4v) is 7.44. The second kappa shape index (κ2) is 53.8. The van der Waals surface area contributed by atoms with Crippen LogP contribution in [0.5, 0.6) is 28.7 Å². The average molecular weight is 1350 g/mol. The average Bonchev–Trinajstić information content (AvgIpc) is 3.65. The van der Waals surface area contributed by atoms with Crippen LogP contribution in [0, 0.1) is 5.92 Å². The lowest BCUT2D eigenvalue weighted by Gasteiger charge is -2.20. The number of hydrogen-bond donors (Lipinski definition) is 15. The Morgan fingerprint density at radius 1 is 0.385 bits per heavy atom. The number of hydrogen-bond acceptors (Lipinski definition) is 32. The second-order valence-corrected chi connectivity index (χ2v) is 19.7. The van der Waals surface area contributed by atoms with Crippen molar-refractivity contribution in [3.05, 3.63) is 31.0 Å². The molecule has 5 rings (SSSR count). The van der Waals surface area contributed by atoms with Crippen LogP contribution in [0.15, 0.2) is 31.0 Å². The molecule has 0 amide bonds. The Kier molecular flexibility index (Phi) is 52.2. The van der Waals surface area contributed by atoms with Crippen LogP contribution < -0.4 is 78.9 Å². The summed E-state index contributed by atoms with van der Waals surface area (Å²) < 4.78 is 36.2. The van der Waals surface area contributed by atoms with Crippen LogP contribution in [0.25, 0.3) is 0 Å². The normalized spacial score (nSPS) is 11.8. The van der Waals surface area contributed by atoms with Gasteiger partial charge in [0.1, 0.15) is 13.2 Å². The Morgan fingerprint density at radius 3 is 0.912 bits per heavy atom. The molecule has 35 heteroatoms. The summed E-state index contributed by atoms with van der Waals surface area (Å²) in [5.74, 6) is 6.43. The van der Waals surface area contributed by atoms with E-state index in [1.807, 2.05) is 6.92 Å². The monoisotopic (exact) mass is 1350 g/mol. The summed E-state index contributed by atoms with van der Waals surface area (Å²) in [5.41, 5.74) is 27.7. The molecule has 522 valence electrons. The van der Waals surface area contributed by atoms with Crippen molar-refractivity contribution in [3.8, 4) is 28.7 Å². The van der Waals surface area contributed by atoms with Gasteiger partial charge in [0, 0.05) is 14.2 Å². The summed E-state index contributed by atoms with van der Waals surface area (Å²) in [6.45, 7) is 14.3. The maximum atomic E-state index is 9.39. The lowest BCUT2D eigenvalue weighted by atomic mass is 10.0. The van der Waals surface area contributed by atoms with E-state index in [0.29, 0.717) is 90.2 Å². The smallest absolute Gasteiger partial charge is 0.222 e. The van der Waals surface area contributed by atoms with E-state index in [1.54, 1.807) is 21.3 Å². The zero-order valence-corrected chi connectivity index (χ0v) is 57.7. The quantitative estimate of drug-likeness (QED) is 0.0248. The molecule has 5 aromatic heterocycles. The molecule has 5 atom stereocenters. The van der Waals surface area contributed by atoms with Crippen molar-refractivity contribution in [1.29, 1.82) is 0 Å². The molecule has 0 saturated carbocycles. The van der Waals surface area contributed by atoms with Gasteiger partial charge in [-0.25, -0.2) is 24.9 Å². The summed E-state index contributed by atoms with van der Waals surface area (Å²) in [4.78, 5) is 39.6. The topological polar surface area (TPSA) is 485 Å². The van der Waals surface area contributed by atoms with Gasteiger partial charge in [0.25, 0.3) is 0 Å². The first-order valence-corrected chi connectivity index (χ1v) is 29.2. The largest absolute Gasteiger partial charge is 0.491 e. The Hall–Kier alpha value is -6.83. The van der Waals surface area contributed by atoms with Gasteiger partial charge in [-0.15, -0.1) is 0 Å². The minimum atomic E-state index is -0.0796. The molecule has 5 aromatic rings. The molecular weight excluding hydrogens is 1240 g/mol. The molecule has 5 heterocycles. The first-order chi connectivity index (χ1) is 42.4. The maximum absolute atomic E-state index is 9.39. The number of nitrogens with one attached hydrogen (secondary N) is 5. The first-order valence-electron chi connectivity index (χ1n) is 29.2. The molecule has 32 nitrogen and oxygen atoms in total. The highest BCUT2D eigenvalue weighted by Crippen LogP contribution is 2.27. The predicted molar refractivity (Wildman–Crippen MR) is 374 cm³/mol. The van der Waals surface area contributed by atoms with E-state index >= 15 is 0 Å². The number of aliphatic hydroxyl groups is 5. The first kappa shape index (κ1) is 88.4. The van der Waals surface area contributed by atoms with Gasteiger partial charge < -0.3 is 114 Å². The number of anilines is 10. The Morgan fingerprint density at radius 2 is 0.659 bits per heavy atom. The van der Waals surface area contributed by atoms with Crippen LogP contribution in [0.2, 0.25) is 0 Å². The highest BCUT2D eigenvalue weighted by molar-refractivity contribution is 7.59. The summed E-state index contributed by atoms with van der Waals surface area (Å²) >= 11 is 0. The van der Waals surface area contributed by atoms with E-state index in [9.17, 15) is 20.4 Å². The van der Waals surface area contributed by atoms with Gasteiger partial charge in [-0.1, -0.05) is 73.6 Å². The zero-order chi connectivity index (χ0) is 65.7. The standard InChI is InChI=1S/C13H24N4O3.C12H22N4O3.2C11H20N4O2.C9H16N4O2.3H2S/c1-3-4-5-10(9-18)16-12-11(20-7-6-19-2)8-15-13(14)17-12;1-3-4-9(8-17)15-11-10(19-6-5-18-2)7-14-12(13)16-11;1-7(2)4-8(6-16)14-10-9(17-3)5-13-11(12)15-10;1-3-4-5-8(7-16)14-10-9(17-2)6-13-11(12)15-10;1-3-6(5-14)12-8-7(15-2)4-11-9(10)13-8;;;/h8,10,18H,3-7,9H2,1-2H3,(H3,14,15,16,17);7,9,17H,3-6,8H2,1-2H3,(H3,13,14,15,16);5,7-8,16H,4,6H2,1-3H3,(H3,12,13,14,15);6,8,16H,3-5,7H2,1-2H3,(H3,12,13,14,15);4,6,14H,3,5H2,1-2H3,(H3,10,11,12,13);3*1H2/t10-;9-;2*8-;;;;/m0001..../s1. The SMILES string of the molecule is CCC(CO)Nc1nc(N)ncc1OC.CCCC[C@@H](CO)Nc1nc(N)ncc1OCCOC.CCCC[C@H](CO)Nc1nc(N)ncc1OC.CCC[C@@H](CO)Nc1nc(N)ncc1OCCOC.COc1cnc(N)nc1N[C@H](CO)CC(C)C.S.S.S. The summed E-state index contributed by atoms with van der Waals surface area (Å²) in [5, 5.41) is 61.8. The molecule has 0 aliphatic carbocycles. The van der Waals surface area contributed by atoms with Gasteiger partial charge in [0.05, 0.1) is 129 Å². The van der Waals surface area contributed by atoms with Gasteiger partial charge in [0.15, 0.2) is 57.8 Å². The Bertz CT molecular complexity index is 2610. The van der Waals surface area contributed by atoms with E-state index < -0.39 is 0 Å². The molecule has 0 aliphatic heterocycles. The minimum Gasteiger partial charge on any atom is -0.491 e. The molecule has 1 unspecified atom stereocenters. The molecule has 0 spiro atoms. The lowest BCUT2D eigenvalue weighted by Crippen LogP contribution is -2.26. The van der Waals surface area contributed by atoms with Crippen molar-refractivity contribution >= 4 is 99.3 Å². The highest BCUT2D eigenvalue weighted by atomic mass is 32.1.